The second-order valence-corrected chi connectivity index (χ2v) is 8.79. The average molecular weight is 412 g/mol. The molecule has 1 aromatic carbocycles. The van der Waals surface area contributed by atoms with Crippen molar-refractivity contribution < 1.29 is 27.2 Å². The molecule has 2 fully saturated rings. The van der Waals surface area contributed by atoms with E-state index >= 15 is 0 Å². The predicted octanol–water partition coefficient (Wildman–Crippen LogP) is -0.260. The summed E-state index contributed by atoms with van der Waals surface area (Å²) in [6, 6.07) is 3.97. The molecule has 0 bridgehead atoms. The molecule has 0 unspecified atom stereocenters. The van der Waals surface area contributed by atoms with Crippen molar-refractivity contribution >= 4 is 27.9 Å². The standard InChI is InChI=1S/C17H21FN4O5S/c1-28(26,27)21-7-5-20(6-8-21)15(23)10-14-16(24)22(17(25)19-14)11-12-3-2-4-13(18)9-12/h2-4,9,14H,5-8,10-11H2,1H3,(H,19,25)/t14-/m1/s1. The Hall–Kier alpha value is -2.53. The second kappa shape index (κ2) is 7.84. The van der Waals surface area contributed by atoms with E-state index in [2.05, 4.69) is 5.32 Å². The first-order valence-corrected chi connectivity index (χ1v) is 10.6. The van der Waals surface area contributed by atoms with Gasteiger partial charge in [-0.2, -0.15) is 4.31 Å². The molecule has 1 N–H and O–H groups in total. The quantitative estimate of drug-likeness (QED) is 0.671. The van der Waals surface area contributed by atoms with Crippen molar-refractivity contribution in [2.45, 2.75) is 19.0 Å². The number of nitrogens with zero attached hydrogens (tertiary/aromatic N) is 3. The number of carbonyl (C=O) groups is 3. The van der Waals surface area contributed by atoms with Crippen molar-refractivity contribution in [2.24, 2.45) is 0 Å². The minimum absolute atomic E-state index is 0.0832. The number of urea groups is 1. The number of rotatable bonds is 5. The van der Waals surface area contributed by atoms with Gasteiger partial charge in [-0.3, -0.25) is 14.5 Å². The molecule has 28 heavy (non-hydrogen) atoms. The number of hydrogen-bond donors (Lipinski definition) is 1. The highest BCUT2D eigenvalue weighted by atomic mass is 32.2. The summed E-state index contributed by atoms with van der Waals surface area (Å²) >= 11 is 0. The third kappa shape index (κ3) is 4.47. The Morgan fingerprint density at radius 1 is 1.21 bits per heavy atom. The zero-order chi connectivity index (χ0) is 20.5. The lowest BCUT2D eigenvalue weighted by atomic mass is 10.1. The molecule has 0 spiro atoms. The van der Waals surface area contributed by atoms with Crippen LogP contribution in [0.5, 0.6) is 0 Å². The fraction of sp³-hybridized carbons (Fsp3) is 0.471. The van der Waals surface area contributed by atoms with E-state index in [1.807, 2.05) is 0 Å². The van der Waals surface area contributed by atoms with E-state index in [-0.39, 0.29) is 45.1 Å². The van der Waals surface area contributed by atoms with Gasteiger partial charge < -0.3 is 10.2 Å². The molecule has 0 aliphatic carbocycles. The number of amides is 4. The van der Waals surface area contributed by atoms with Crippen LogP contribution >= 0.6 is 0 Å². The summed E-state index contributed by atoms with van der Waals surface area (Å²) in [4.78, 5) is 39.5. The van der Waals surface area contributed by atoms with Gasteiger partial charge in [0, 0.05) is 26.2 Å². The number of sulfonamides is 1. The lowest BCUT2D eigenvalue weighted by Crippen LogP contribution is -2.51. The van der Waals surface area contributed by atoms with Crippen LogP contribution in [0.1, 0.15) is 12.0 Å². The lowest BCUT2D eigenvalue weighted by Gasteiger charge is -2.33. The molecule has 2 aliphatic heterocycles. The fourth-order valence-electron chi connectivity index (χ4n) is 3.26. The monoisotopic (exact) mass is 412 g/mol. The molecule has 11 heteroatoms. The normalized spacial score (nSPS) is 21.1. The summed E-state index contributed by atoms with van der Waals surface area (Å²) in [5, 5.41) is 2.48. The highest BCUT2D eigenvalue weighted by Crippen LogP contribution is 2.16. The Morgan fingerprint density at radius 3 is 2.50 bits per heavy atom. The average Bonchev–Trinajstić information content (AvgIpc) is 2.88. The van der Waals surface area contributed by atoms with E-state index in [1.54, 1.807) is 6.07 Å². The Labute approximate surface area is 162 Å². The molecule has 1 aromatic rings. The summed E-state index contributed by atoms with van der Waals surface area (Å²) in [5.41, 5.74) is 0.465. The Morgan fingerprint density at radius 2 is 1.89 bits per heavy atom. The van der Waals surface area contributed by atoms with E-state index in [1.165, 1.54) is 27.4 Å². The van der Waals surface area contributed by atoms with Gasteiger partial charge in [0.2, 0.25) is 15.9 Å². The molecule has 2 heterocycles. The predicted molar refractivity (Wildman–Crippen MR) is 96.9 cm³/mol. The van der Waals surface area contributed by atoms with Crippen LogP contribution in [0, 0.1) is 5.82 Å². The summed E-state index contributed by atoms with van der Waals surface area (Å²) in [6.45, 7) is 0.768. The first kappa shape index (κ1) is 20.2. The molecule has 1 atom stereocenters. The van der Waals surface area contributed by atoms with Gasteiger partial charge in [0.05, 0.1) is 19.2 Å². The molecule has 0 aromatic heterocycles. The number of benzene rings is 1. The molecule has 152 valence electrons. The number of imide groups is 1. The van der Waals surface area contributed by atoms with Crippen LogP contribution in [0.3, 0.4) is 0 Å². The van der Waals surface area contributed by atoms with E-state index in [4.69, 9.17) is 0 Å². The van der Waals surface area contributed by atoms with E-state index in [0.29, 0.717) is 5.56 Å². The van der Waals surface area contributed by atoms with Crippen LogP contribution in [0.15, 0.2) is 24.3 Å². The van der Waals surface area contributed by atoms with Crippen LogP contribution in [0.25, 0.3) is 0 Å². The lowest BCUT2D eigenvalue weighted by molar-refractivity contribution is -0.136. The number of piperazine rings is 1. The van der Waals surface area contributed by atoms with Crippen LogP contribution in [0.2, 0.25) is 0 Å². The van der Waals surface area contributed by atoms with Crippen LogP contribution in [-0.2, 0) is 26.2 Å². The van der Waals surface area contributed by atoms with Gasteiger partial charge in [0.25, 0.3) is 5.91 Å². The first-order chi connectivity index (χ1) is 13.1. The molecule has 4 amide bonds. The highest BCUT2D eigenvalue weighted by molar-refractivity contribution is 7.88. The fourth-order valence-corrected chi connectivity index (χ4v) is 4.08. The van der Waals surface area contributed by atoms with Crippen molar-refractivity contribution in [3.05, 3.63) is 35.6 Å². The molecule has 2 saturated heterocycles. The van der Waals surface area contributed by atoms with Gasteiger partial charge in [-0.05, 0) is 17.7 Å². The molecular weight excluding hydrogens is 391 g/mol. The molecule has 0 radical (unpaired) electrons. The van der Waals surface area contributed by atoms with Crippen LogP contribution in [-0.4, -0.2) is 78.8 Å². The Kier molecular flexibility index (Phi) is 5.66. The number of carbonyl (C=O) groups excluding carboxylic acids is 3. The van der Waals surface area contributed by atoms with Gasteiger partial charge in [0.15, 0.2) is 0 Å². The maximum atomic E-state index is 13.3. The first-order valence-electron chi connectivity index (χ1n) is 8.74. The molecule has 0 saturated carbocycles. The van der Waals surface area contributed by atoms with E-state index < -0.39 is 33.8 Å². The maximum Gasteiger partial charge on any atom is 0.325 e. The van der Waals surface area contributed by atoms with Crippen molar-refractivity contribution in [2.75, 3.05) is 32.4 Å². The third-order valence-corrected chi connectivity index (χ3v) is 6.08. The van der Waals surface area contributed by atoms with Crippen molar-refractivity contribution in [3.8, 4) is 0 Å². The summed E-state index contributed by atoms with van der Waals surface area (Å²) in [7, 11) is -3.30. The van der Waals surface area contributed by atoms with Gasteiger partial charge in [0.1, 0.15) is 11.9 Å². The SMILES string of the molecule is CS(=O)(=O)N1CCN(C(=O)C[C@H]2NC(=O)N(Cc3cccc(F)c3)C2=O)CC1. The molecule has 3 rings (SSSR count). The van der Waals surface area contributed by atoms with Crippen molar-refractivity contribution in [1.82, 2.24) is 19.4 Å². The summed E-state index contributed by atoms with van der Waals surface area (Å²) < 4.78 is 37.6. The van der Waals surface area contributed by atoms with Gasteiger partial charge in [-0.1, -0.05) is 12.1 Å². The molecule has 9 nitrogen and oxygen atoms in total. The third-order valence-electron chi connectivity index (χ3n) is 4.78. The topological polar surface area (TPSA) is 107 Å². The van der Waals surface area contributed by atoms with E-state index in [0.717, 1.165) is 11.2 Å². The Balaban J connectivity index is 1.57. The minimum atomic E-state index is -3.30. The second-order valence-electron chi connectivity index (χ2n) is 6.80. The zero-order valence-electron chi connectivity index (χ0n) is 15.3. The van der Waals surface area contributed by atoms with Crippen molar-refractivity contribution in [1.29, 1.82) is 0 Å². The number of halogens is 1. The van der Waals surface area contributed by atoms with Gasteiger partial charge in [-0.15, -0.1) is 0 Å². The van der Waals surface area contributed by atoms with Crippen molar-refractivity contribution in [3.63, 3.8) is 0 Å². The number of hydrogen-bond acceptors (Lipinski definition) is 5. The smallest absolute Gasteiger partial charge is 0.325 e. The molecule has 2 aliphatic rings. The summed E-state index contributed by atoms with van der Waals surface area (Å²) in [5.74, 6) is -1.35. The van der Waals surface area contributed by atoms with Gasteiger partial charge >= 0.3 is 6.03 Å². The largest absolute Gasteiger partial charge is 0.340 e. The molecular formula is C17H21FN4O5S. The highest BCUT2D eigenvalue weighted by Gasteiger charge is 2.40. The van der Waals surface area contributed by atoms with E-state index in [9.17, 15) is 27.2 Å². The van der Waals surface area contributed by atoms with Crippen LogP contribution in [0.4, 0.5) is 9.18 Å². The minimum Gasteiger partial charge on any atom is -0.340 e. The van der Waals surface area contributed by atoms with Gasteiger partial charge in [-0.25, -0.2) is 17.6 Å². The maximum absolute atomic E-state index is 13.3. The van der Waals surface area contributed by atoms with Crippen LogP contribution < -0.4 is 5.32 Å². The summed E-state index contributed by atoms with van der Waals surface area (Å²) in [6.07, 6.45) is 0.910. The Bertz CT molecular complexity index is 899. The number of nitrogens with one attached hydrogen (secondary N) is 1. The zero-order valence-corrected chi connectivity index (χ0v) is 16.1.